The predicted molar refractivity (Wildman–Crippen MR) is 309 cm³/mol. The third-order valence-corrected chi connectivity index (χ3v) is 21.8. The second-order valence-electron chi connectivity index (χ2n) is 26.2. The molecule has 8 aliphatic rings. The summed E-state index contributed by atoms with van der Waals surface area (Å²) in [6.07, 6.45) is 15.6. The second-order valence-corrected chi connectivity index (χ2v) is 32.0. The van der Waals surface area contributed by atoms with Gasteiger partial charge in [0.25, 0.3) is 0 Å². The average molecular weight is 1440 g/mol. The molecule has 8 rings (SSSR count). The first-order valence-corrected chi connectivity index (χ1v) is 36.8. The van der Waals surface area contributed by atoms with Gasteiger partial charge < -0.3 is 57.6 Å². The maximum Gasteiger partial charge on any atom is 0.369 e. The first-order chi connectivity index (χ1) is 42.1. The van der Waals surface area contributed by atoms with Gasteiger partial charge in [-0.05, 0) is 145 Å². The van der Waals surface area contributed by atoms with E-state index in [9.17, 15) is 127 Å². The minimum absolute atomic E-state index is 0.306. The Morgan fingerprint density at radius 2 is 0.570 bits per heavy atom. The monoisotopic (exact) mass is 1440 g/mol. The van der Waals surface area contributed by atoms with Gasteiger partial charge in [-0.2, -0.15) is 35.1 Å². The summed E-state index contributed by atoms with van der Waals surface area (Å²) < 4.78 is 246. The largest absolute Gasteiger partial charge is 0.743 e. The minimum atomic E-state index is -5.90. The lowest BCUT2D eigenvalue weighted by Gasteiger charge is -2.29. The number of rotatable bonds is 17. The molecule has 0 aliphatic heterocycles. The summed E-state index contributed by atoms with van der Waals surface area (Å²) in [5, 5.41) is 19.4. The topological polar surface area (TPSA) is 415 Å². The Morgan fingerprint density at radius 3 is 0.763 bits per heavy atom. The highest BCUT2D eigenvalue weighted by Crippen LogP contribution is 2.53. The SMILES string of the molecule is CC(OC(=O)C1CC1C1(O)CCCC1)C(F)(F)S(=O)(=O)[O-].CC(OC(=O)C1CCC1)C(F)(F)S(=O)(=O)[O-].CC(OC(=O)C1CCCC1)C(F)(F)S(=O)(=O)[O-].CC(OC(=O)C1CCCCC1)C(F)(F)S(=O)(=O)[O-].CC1(O)CCCC1.CC1(O)CCCC1.CC1(O)CCCC1. The molecule has 0 saturated heterocycles. The third-order valence-electron chi connectivity index (χ3n) is 17.8. The Hall–Kier alpha value is -3.20. The van der Waals surface area contributed by atoms with Gasteiger partial charge >= 0.3 is 44.9 Å². The zero-order chi connectivity index (χ0) is 71.8. The fraction of sp³-hybridized carbons (Fsp3) is 0.930. The zero-order valence-corrected chi connectivity index (χ0v) is 56.6. The van der Waals surface area contributed by atoms with E-state index in [2.05, 4.69) is 18.9 Å². The van der Waals surface area contributed by atoms with Gasteiger partial charge in [-0.3, -0.25) is 19.2 Å². The molecule has 0 amide bonds. The van der Waals surface area contributed by atoms with Gasteiger partial charge in [-0.1, -0.05) is 89.9 Å². The fourth-order valence-electron chi connectivity index (χ4n) is 11.1. The number of ether oxygens (including phenoxy) is 4. The number of carbonyl (C=O) groups is 4. The van der Waals surface area contributed by atoms with Crippen molar-refractivity contribution in [1.29, 1.82) is 0 Å². The molecule has 0 aromatic heterocycles. The molecule has 0 aromatic carbocycles. The third kappa shape index (κ3) is 26.9. The van der Waals surface area contributed by atoms with Crippen molar-refractivity contribution in [3.63, 3.8) is 0 Å². The van der Waals surface area contributed by atoms with Gasteiger partial charge in [0.2, 0.25) is 0 Å². The number of aliphatic hydroxyl groups is 4. The van der Waals surface area contributed by atoms with Crippen LogP contribution in [0.4, 0.5) is 35.1 Å². The number of carbonyl (C=O) groups excluding carboxylic acids is 4. The molecule has 93 heavy (non-hydrogen) atoms. The number of alkyl halides is 8. The summed E-state index contributed by atoms with van der Waals surface area (Å²) in [6, 6.07) is 0. The lowest BCUT2D eigenvalue weighted by atomic mass is 9.86. The molecule has 8 fully saturated rings. The Bertz CT molecular complexity index is 2800. The molecule has 8 saturated carbocycles. The van der Waals surface area contributed by atoms with Gasteiger partial charge in [0.15, 0.2) is 64.9 Å². The van der Waals surface area contributed by atoms with Crippen molar-refractivity contribution in [3.05, 3.63) is 0 Å². The Kier molecular flexibility index (Phi) is 31.9. The smallest absolute Gasteiger partial charge is 0.369 e. The van der Waals surface area contributed by atoms with E-state index in [1.165, 1.54) is 38.5 Å². The Labute approximate surface area is 539 Å². The highest BCUT2D eigenvalue weighted by molar-refractivity contribution is 7.87. The summed E-state index contributed by atoms with van der Waals surface area (Å²) in [4.78, 5) is 45.8. The summed E-state index contributed by atoms with van der Waals surface area (Å²) in [5.41, 5.74) is -1.87. The fourth-order valence-corrected chi connectivity index (χ4v) is 12.9. The van der Waals surface area contributed by atoms with Crippen LogP contribution in [0.1, 0.15) is 235 Å². The molecular weight excluding hydrogens is 1350 g/mol. The molecule has 0 spiro atoms. The summed E-state index contributed by atoms with van der Waals surface area (Å²) >= 11 is 0. The normalized spacial score (nSPS) is 24.2. The van der Waals surface area contributed by atoms with Crippen molar-refractivity contribution < 1.29 is 146 Å². The highest BCUT2D eigenvalue weighted by Gasteiger charge is 2.58. The van der Waals surface area contributed by atoms with Gasteiger partial charge in [0, 0.05) is 5.92 Å². The maximum atomic E-state index is 13.2. The molecule has 548 valence electrons. The maximum absolute atomic E-state index is 13.2. The van der Waals surface area contributed by atoms with Crippen molar-refractivity contribution in [2.24, 2.45) is 29.6 Å². The van der Waals surface area contributed by atoms with Crippen LogP contribution in [0, 0.1) is 29.6 Å². The average Bonchev–Trinajstić information content (AvgIpc) is 1.62. The van der Waals surface area contributed by atoms with Crippen LogP contribution in [0.3, 0.4) is 0 Å². The first kappa shape index (κ1) is 85.9. The molecule has 24 nitrogen and oxygen atoms in total. The van der Waals surface area contributed by atoms with E-state index in [1.807, 2.05) is 20.8 Å². The molecular formula is C57H92F8O24S4-4. The quantitative estimate of drug-likeness (QED) is 0.0457. The van der Waals surface area contributed by atoms with E-state index in [0.29, 0.717) is 85.5 Å². The molecule has 6 unspecified atom stereocenters. The summed E-state index contributed by atoms with van der Waals surface area (Å²) in [6.45, 7) is 8.50. The zero-order valence-electron chi connectivity index (χ0n) is 53.3. The second kappa shape index (κ2) is 34.5. The molecule has 36 heteroatoms. The number of esters is 4. The van der Waals surface area contributed by atoms with Crippen LogP contribution in [-0.2, 0) is 78.6 Å². The van der Waals surface area contributed by atoms with Crippen molar-refractivity contribution in [2.75, 3.05) is 0 Å². The van der Waals surface area contributed by atoms with E-state index < -0.39 is 139 Å². The van der Waals surface area contributed by atoms with Gasteiger partial charge in [0.1, 0.15) is 0 Å². The Balaban J connectivity index is 0.000000383. The lowest BCUT2D eigenvalue weighted by molar-refractivity contribution is -0.167. The van der Waals surface area contributed by atoms with Crippen LogP contribution in [0.25, 0.3) is 0 Å². The number of halogens is 8. The summed E-state index contributed by atoms with van der Waals surface area (Å²) in [5.74, 6) is -6.03. The highest BCUT2D eigenvalue weighted by atomic mass is 32.2. The van der Waals surface area contributed by atoms with Crippen LogP contribution in [-0.4, -0.2) is 164 Å². The Morgan fingerprint density at radius 1 is 0.366 bits per heavy atom. The summed E-state index contributed by atoms with van der Waals surface area (Å²) in [7, 11) is -23.4. The minimum Gasteiger partial charge on any atom is -0.743 e. The van der Waals surface area contributed by atoms with Crippen LogP contribution >= 0.6 is 0 Å². The number of hydrogen-bond acceptors (Lipinski definition) is 24. The molecule has 0 heterocycles. The van der Waals surface area contributed by atoms with Crippen molar-refractivity contribution >= 4 is 64.3 Å². The van der Waals surface area contributed by atoms with Gasteiger partial charge in [0.05, 0.1) is 46.1 Å². The molecule has 0 aromatic rings. The number of hydrogen-bond donors (Lipinski definition) is 4. The van der Waals surface area contributed by atoms with E-state index in [4.69, 9.17) is 0 Å². The van der Waals surface area contributed by atoms with Gasteiger partial charge in [-0.15, -0.1) is 0 Å². The predicted octanol–water partition coefficient (Wildman–Crippen LogP) is 8.67. The van der Waals surface area contributed by atoms with E-state index in [1.54, 1.807) is 0 Å². The van der Waals surface area contributed by atoms with Gasteiger partial charge in [-0.25, -0.2) is 33.7 Å². The van der Waals surface area contributed by atoms with Crippen LogP contribution in [0.15, 0.2) is 0 Å². The van der Waals surface area contributed by atoms with Crippen LogP contribution in [0.5, 0.6) is 0 Å². The van der Waals surface area contributed by atoms with Crippen LogP contribution in [0.2, 0.25) is 0 Å². The molecule has 8 aliphatic carbocycles. The lowest BCUT2D eigenvalue weighted by Crippen LogP contribution is -2.43. The van der Waals surface area contributed by atoms with Crippen LogP contribution < -0.4 is 0 Å². The molecule has 0 bridgehead atoms. The van der Waals surface area contributed by atoms with Crippen molar-refractivity contribution in [1.82, 2.24) is 0 Å². The van der Waals surface area contributed by atoms with E-state index in [0.717, 1.165) is 89.9 Å². The van der Waals surface area contributed by atoms with Crippen molar-refractivity contribution in [2.45, 2.75) is 303 Å². The van der Waals surface area contributed by atoms with E-state index in [-0.39, 0.29) is 22.7 Å². The standard InChI is InChI=1S/C12H18F2O6S.C10H16F2O5S.C9H14F2O5S.C8H12F2O5S.3C6H12O/c1-7(12(13,14)21(17,18)19)20-10(15)8-6-9(8)11(16)4-2-3-5-11;1-7(10(11,12)18(14,15)16)17-9(13)8-5-3-2-4-6-8;1-6(9(10,11)17(13,14)15)16-8(12)7-4-2-3-5-7;1-5(8(9,10)16(12,13)14)15-7(11)6-3-2-4-6;3*1-6(7)4-2-3-5-6/h7-9,16H,2-6H2,1H3,(H,17,18,19);7-8H,2-6H2,1H3,(H,14,15,16);6-7H,2-5H2,1H3,(H,13,14,15);5-6H,2-4H2,1H3,(H,12,13,14);3*7H,2-5H2,1H3/p-4. The molecule has 4 N–H and O–H groups in total. The first-order valence-electron chi connectivity index (χ1n) is 31.1. The molecule has 0 radical (unpaired) electrons. The van der Waals surface area contributed by atoms with E-state index >= 15 is 0 Å². The molecule has 6 atom stereocenters. The van der Waals surface area contributed by atoms with Crippen molar-refractivity contribution in [3.8, 4) is 0 Å².